The standard InChI is InChI=1S/C18H19FN2O3/c1-2-21(11-13-4-3-5-15(19)10-13)17(22)12-24-16-8-6-14(7-9-16)18(20)23/h3-10H,2,11-12H2,1H3,(H2,20,23). The van der Waals surface area contributed by atoms with Gasteiger partial charge in [-0.25, -0.2) is 4.39 Å². The van der Waals surface area contributed by atoms with Gasteiger partial charge >= 0.3 is 0 Å². The fourth-order valence-corrected chi connectivity index (χ4v) is 2.18. The molecule has 2 amide bonds. The van der Waals surface area contributed by atoms with Gasteiger partial charge in [-0.3, -0.25) is 9.59 Å². The summed E-state index contributed by atoms with van der Waals surface area (Å²) in [5.41, 5.74) is 6.25. The van der Waals surface area contributed by atoms with Crippen LogP contribution in [0.4, 0.5) is 4.39 Å². The molecule has 0 bridgehead atoms. The molecule has 5 nitrogen and oxygen atoms in total. The maximum Gasteiger partial charge on any atom is 0.260 e. The lowest BCUT2D eigenvalue weighted by molar-refractivity contribution is -0.133. The molecule has 0 radical (unpaired) electrons. The third-order valence-corrected chi connectivity index (χ3v) is 3.50. The van der Waals surface area contributed by atoms with Crippen LogP contribution in [0.1, 0.15) is 22.8 Å². The van der Waals surface area contributed by atoms with Gasteiger partial charge in [0.25, 0.3) is 5.91 Å². The molecule has 0 aliphatic carbocycles. The molecule has 0 saturated heterocycles. The van der Waals surface area contributed by atoms with Gasteiger partial charge in [-0.15, -0.1) is 0 Å². The van der Waals surface area contributed by atoms with Crippen LogP contribution in [0.3, 0.4) is 0 Å². The van der Waals surface area contributed by atoms with E-state index in [9.17, 15) is 14.0 Å². The van der Waals surface area contributed by atoms with Crippen LogP contribution in [0.2, 0.25) is 0 Å². The third-order valence-electron chi connectivity index (χ3n) is 3.50. The Morgan fingerprint density at radius 1 is 1.17 bits per heavy atom. The Kier molecular flexibility index (Phi) is 5.89. The summed E-state index contributed by atoms with van der Waals surface area (Å²) in [6.07, 6.45) is 0. The molecule has 24 heavy (non-hydrogen) atoms. The van der Waals surface area contributed by atoms with Crippen molar-refractivity contribution in [2.75, 3.05) is 13.2 Å². The molecule has 2 aromatic rings. The Hall–Kier alpha value is -2.89. The first-order valence-corrected chi connectivity index (χ1v) is 7.54. The van der Waals surface area contributed by atoms with Crippen LogP contribution in [0.5, 0.6) is 5.75 Å². The Balaban J connectivity index is 1.93. The van der Waals surface area contributed by atoms with Gasteiger partial charge in [0.1, 0.15) is 11.6 Å². The minimum atomic E-state index is -0.523. The highest BCUT2D eigenvalue weighted by atomic mass is 19.1. The molecule has 0 unspecified atom stereocenters. The van der Waals surface area contributed by atoms with Crippen LogP contribution in [-0.2, 0) is 11.3 Å². The van der Waals surface area contributed by atoms with Crippen molar-refractivity contribution in [2.45, 2.75) is 13.5 Å². The fraction of sp³-hybridized carbons (Fsp3) is 0.222. The van der Waals surface area contributed by atoms with E-state index < -0.39 is 5.91 Å². The minimum Gasteiger partial charge on any atom is -0.484 e. The molecule has 2 aromatic carbocycles. The van der Waals surface area contributed by atoms with Crippen molar-refractivity contribution in [1.82, 2.24) is 4.90 Å². The lowest BCUT2D eigenvalue weighted by atomic mass is 10.2. The lowest BCUT2D eigenvalue weighted by Gasteiger charge is -2.21. The van der Waals surface area contributed by atoms with Crippen LogP contribution < -0.4 is 10.5 Å². The molecule has 0 heterocycles. The average Bonchev–Trinajstić information content (AvgIpc) is 2.58. The number of hydrogen-bond donors (Lipinski definition) is 1. The van der Waals surface area contributed by atoms with Crippen molar-refractivity contribution in [3.05, 3.63) is 65.5 Å². The molecule has 0 spiro atoms. The van der Waals surface area contributed by atoms with E-state index in [1.807, 2.05) is 6.92 Å². The zero-order valence-electron chi connectivity index (χ0n) is 13.4. The Morgan fingerprint density at radius 3 is 2.46 bits per heavy atom. The number of nitrogens with two attached hydrogens (primary N) is 1. The number of carbonyl (C=O) groups is 2. The fourth-order valence-electron chi connectivity index (χ4n) is 2.18. The molecule has 2 rings (SSSR count). The summed E-state index contributed by atoms with van der Waals surface area (Å²) in [6, 6.07) is 12.4. The Morgan fingerprint density at radius 2 is 1.88 bits per heavy atom. The van der Waals surface area contributed by atoms with Gasteiger partial charge in [0.15, 0.2) is 6.61 Å². The quantitative estimate of drug-likeness (QED) is 0.847. The van der Waals surface area contributed by atoms with E-state index in [0.717, 1.165) is 5.56 Å². The highest BCUT2D eigenvalue weighted by molar-refractivity contribution is 5.92. The van der Waals surface area contributed by atoms with E-state index in [2.05, 4.69) is 0 Å². The van der Waals surface area contributed by atoms with Gasteiger partial charge < -0.3 is 15.4 Å². The van der Waals surface area contributed by atoms with Gasteiger partial charge in [0, 0.05) is 18.7 Å². The van der Waals surface area contributed by atoms with Gasteiger partial charge in [-0.1, -0.05) is 12.1 Å². The highest BCUT2D eigenvalue weighted by Gasteiger charge is 2.13. The van der Waals surface area contributed by atoms with Crippen molar-refractivity contribution in [3.63, 3.8) is 0 Å². The number of halogens is 1. The summed E-state index contributed by atoms with van der Waals surface area (Å²) >= 11 is 0. The number of rotatable bonds is 7. The van der Waals surface area contributed by atoms with E-state index in [4.69, 9.17) is 10.5 Å². The van der Waals surface area contributed by atoms with Crippen molar-refractivity contribution < 1.29 is 18.7 Å². The molecule has 0 atom stereocenters. The average molecular weight is 330 g/mol. The smallest absolute Gasteiger partial charge is 0.260 e. The van der Waals surface area contributed by atoms with E-state index in [1.54, 1.807) is 29.2 Å². The van der Waals surface area contributed by atoms with Gasteiger partial charge in [-0.2, -0.15) is 0 Å². The summed E-state index contributed by atoms with van der Waals surface area (Å²) in [5, 5.41) is 0. The Bertz CT molecular complexity index is 716. The molecule has 6 heteroatoms. The van der Waals surface area contributed by atoms with Gasteiger partial charge in [0.05, 0.1) is 0 Å². The minimum absolute atomic E-state index is 0.140. The van der Waals surface area contributed by atoms with Crippen LogP contribution in [0.15, 0.2) is 48.5 Å². The van der Waals surface area contributed by atoms with E-state index >= 15 is 0 Å². The zero-order chi connectivity index (χ0) is 17.5. The van der Waals surface area contributed by atoms with Crippen LogP contribution in [0.25, 0.3) is 0 Å². The van der Waals surface area contributed by atoms with E-state index in [0.29, 0.717) is 24.4 Å². The van der Waals surface area contributed by atoms with Crippen LogP contribution >= 0.6 is 0 Å². The summed E-state index contributed by atoms with van der Waals surface area (Å²) in [6.45, 7) is 2.51. The zero-order valence-corrected chi connectivity index (χ0v) is 13.4. The molecule has 0 fully saturated rings. The second-order valence-corrected chi connectivity index (χ2v) is 5.22. The molecule has 0 aliphatic heterocycles. The molecule has 0 aliphatic rings. The molecule has 0 aromatic heterocycles. The first-order chi connectivity index (χ1) is 11.5. The predicted molar refractivity (Wildman–Crippen MR) is 87.9 cm³/mol. The first-order valence-electron chi connectivity index (χ1n) is 7.54. The number of nitrogens with zero attached hydrogens (tertiary/aromatic N) is 1. The van der Waals surface area contributed by atoms with Crippen molar-refractivity contribution in [2.24, 2.45) is 5.73 Å². The lowest BCUT2D eigenvalue weighted by Crippen LogP contribution is -2.34. The summed E-state index contributed by atoms with van der Waals surface area (Å²) in [7, 11) is 0. The van der Waals surface area contributed by atoms with Crippen LogP contribution in [0, 0.1) is 5.82 Å². The van der Waals surface area contributed by atoms with E-state index in [-0.39, 0.29) is 18.3 Å². The topological polar surface area (TPSA) is 72.6 Å². The number of primary amides is 1. The monoisotopic (exact) mass is 330 g/mol. The number of ether oxygens (including phenoxy) is 1. The number of benzene rings is 2. The highest BCUT2D eigenvalue weighted by Crippen LogP contribution is 2.13. The Labute approximate surface area is 139 Å². The molecular formula is C18H19FN2O3. The van der Waals surface area contributed by atoms with Gasteiger partial charge in [0.2, 0.25) is 5.91 Å². The largest absolute Gasteiger partial charge is 0.484 e. The van der Waals surface area contributed by atoms with E-state index in [1.165, 1.54) is 24.3 Å². The molecular weight excluding hydrogens is 311 g/mol. The van der Waals surface area contributed by atoms with Crippen molar-refractivity contribution in [1.29, 1.82) is 0 Å². The predicted octanol–water partition coefficient (Wildman–Crippen LogP) is 2.35. The summed E-state index contributed by atoms with van der Waals surface area (Å²) < 4.78 is 18.6. The molecule has 2 N–H and O–H groups in total. The van der Waals surface area contributed by atoms with Gasteiger partial charge in [-0.05, 0) is 48.9 Å². The number of carbonyl (C=O) groups excluding carboxylic acids is 2. The summed E-state index contributed by atoms with van der Waals surface area (Å²) in [5.74, 6) is -0.595. The second kappa shape index (κ2) is 8.10. The van der Waals surface area contributed by atoms with Crippen molar-refractivity contribution in [3.8, 4) is 5.75 Å². The maximum absolute atomic E-state index is 13.2. The number of hydrogen-bond acceptors (Lipinski definition) is 3. The summed E-state index contributed by atoms with van der Waals surface area (Å²) in [4.78, 5) is 24.8. The van der Waals surface area contributed by atoms with Crippen molar-refractivity contribution >= 4 is 11.8 Å². The second-order valence-electron chi connectivity index (χ2n) is 5.22. The van der Waals surface area contributed by atoms with Crippen LogP contribution in [-0.4, -0.2) is 29.9 Å². The maximum atomic E-state index is 13.2. The SMILES string of the molecule is CCN(Cc1cccc(F)c1)C(=O)COc1ccc(C(N)=O)cc1. The number of amides is 2. The molecule has 0 saturated carbocycles. The normalized spacial score (nSPS) is 10.2. The first kappa shape index (κ1) is 17.5. The number of likely N-dealkylation sites (N-methyl/N-ethyl adjacent to an activating group) is 1. The molecule has 126 valence electrons. The third kappa shape index (κ3) is 4.81.